The number of aromatic nitrogens is 4. The maximum absolute atomic E-state index is 13.9. The summed E-state index contributed by atoms with van der Waals surface area (Å²) in [4.78, 5) is 8.92. The van der Waals surface area contributed by atoms with Gasteiger partial charge in [-0.25, -0.2) is 31.9 Å². The number of nitrogens with zero attached hydrogens (tertiary/aromatic N) is 5. The van der Waals surface area contributed by atoms with Crippen LogP contribution in [-0.4, -0.2) is 72.5 Å². The number of halogens is 5. The highest BCUT2D eigenvalue weighted by atomic mass is 32.2. The molecular formula is C22H24F5N7O3S2. The minimum atomic E-state index is -4.98. The van der Waals surface area contributed by atoms with E-state index < -0.39 is 44.7 Å². The molecule has 0 spiro atoms. The zero-order chi connectivity index (χ0) is 28.3. The standard InChI is InChI=1S/C22H24F5N7O3S2/c1-10-6-34(7-11(2)28-10)14-5-12(39(35,36)33-21(3)8-37-9-21)4-13-15(14)29-20(22(25,26)27)30-16(13)18-31-32-19(38-18)17(23)24/h4-5,10-11,17,28,33H,6-9H2,1-3H3/t10-,11-/m0/s1. The van der Waals surface area contributed by atoms with Gasteiger partial charge in [0.25, 0.3) is 6.43 Å². The zero-order valence-electron chi connectivity index (χ0n) is 20.9. The van der Waals surface area contributed by atoms with E-state index in [-0.39, 0.29) is 51.8 Å². The topological polar surface area (TPSA) is 122 Å². The van der Waals surface area contributed by atoms with Crippen molar-refractivity contribution in [3.05, 3.63) is 23.0 Å². The average Bonchev–Trinajstić information content (AvgIpc) is 3.30. The fourth-order valence-corrected chi connectivity index (χ4v) is 6.79. The second-order valence-electron chi connectivity index (χ2n) is 10.0. The van der Waals surface area contributed by atoms with Crippen molar-refractivity contribution in [2.24, 2.45) is 0 Å². The first kappa shape index (κ1) is 27.9. The van der Waals surface area contributed by atoms with Gasteiger partial charge in [0.2, 0.25) is 15.8 Å². The highest BCUT2D eigenvalue weighted by Crippen LogP contribution is 2.40. The van der Waals surface area contributed by atoms with E-state index in [0.717, 1.165) is 6.07 Å². The number of ether oxygens (including phenoxy) is 1. The van der Waals surface area contributed by atoms with E-state index in [1.54, 1.807) is 11.8 Å². The molecule has 212 valence electrons. The molecule has 2 N–H and O–H groups in total. The van der Waals surface area contributed by atoms with Gasteiger partial charge in [-0.1, -0.05) is 11.3 Å². The summed E-state index contributed by atoms with van der Waals surface area (Å²) in [5, 5.41) is 9.22. The molecule has 2 fully saturated rings. The molecule has 0 saturated carbocycles. The summed E-state index contributed by atoms with van der Waals surface area (Å²) in [6, 6.07) is 2.26. The highest BCUT2D eigenvalue weighted by Gasteiger charge is 2.40. The molecule has 10 nitrogen and oxygen atoms in total. The Kier molecular flexibility index (Phi) is 7.02. The van der Waals surface area contributed by atoms with E-state index in [9.17, 15) is 30.4 Å². The van der Waals surface area contributed by atoms with Crippen LogP contribution in [0.4, 0.5) is 27.6 Å². The van der Waals surface area contributed by atoms with Crippen LogP contribution in [0.3, 0.4) is 0 Å². The molecule has 4 heterocycles. The molecule has 0 amide bonds. The maximum atomic E-state index is 13.9. The summed E-state index contributed by atoms with van der Waals surface area (Å²) < 4.78 is 103. The Morgan fingerprint density at radius 3 is 2.36 bits per heavy atom. The predicted octanol–water partition coefficient (Wildman–Crippen LogP) is 3.36. The molecule has 2 aromatic heterocycles. The second-order valence-corrected chi connectivity index (χ2v) is 12.7. The Balaban J connectivity index is 1.79. The summed E-state index contributed by atoms with van der Waals surface area (Å²) in [7, 11) is -4.21. The van der Waals surface area contributed by atoms with Gasteiger partial charge in [-0.15, -0.1) is 10.2 Å². The van der Waals surface area contributed by atoms with Crippen LogP contribution in [0.5, 0.6) is 0 Å². The normalized spacial score (nSPS) is 21.9. The van der Waals surface area contributed by atoms with Crippen LogP contribution in [0.15, 0.2) is 17.0 Å². The number of fused-ring (bicyclic) bond motifs is 1. The van der Waals surface area contributed by atoms with E-state index in [1.165, 1.54) is 6.07 Å². The van der Waals surface area contributed by atoms with Crippen molar-refractivity contribution in [3.8, 4) is 10.7 Å². The van der Waals surface area contributed by atoms with Crippen molar-refractivity contribution in [1.82, 2.24) is 30.2 Å². The number of hydrogen-bond donors (Lipinski definition) is 2. The van der Waals surface area contributed by atoms with Gasteiger partial charge in [-0.05, 0) is 32.9 Å². The Labute approximate surface area is 224 Å². The van der Waals surface area contributed by atoms with Crippen LogP contribution in [0.1, 0.15) is 38.0 Å². The molecule has 39 heavy (non-hydrogen) atoms. The van der Waals surface area contributed by atoms with E-state index in [4.69, 9.17) is 4.74 Å². The third-order valence-corrected chi connectivity index (χ3v) is 8.82. The first-order valence-corrected chi connectivity index (χ1v) is 14.1. The van der Waals surface area contributed by atoms with Crippen LogP contribution >= 0.6 is 11.3 Å². The summed E-state index contributed by atoms with van der Waals surface area (Å²) in [5.41, 5.74) is -1.35. The van der Waals surface area contributed by atoms with E-state index in [2.05, 4.69) is 30.2 Å². The number of hydrogen-bond acceptors (Lipinski definition) is 10. The molecular weight excluding hydrogens is 569 g/mol. The van der Waals surface area contributed by atoms with E-state index in [1.807, 2.05) is 13.8 Å². The molecule has 3 aromatic rings. The van der Waals surface area contributed by atoms with Crippen LogP contribution in [-0.2, 0) is 20.9 Å². The van der Waals surface area contributed by atoms with Crippen LogP contribution in [0, 0.1) is 0 Å². The predicted molar refractivity (Wildman–Crippen MR) is 132 cm³/mol. The summed E-state index contributed by atoms with van der Waals surface area (Å²) in [6.45, 7) is 6.41. The molecule has 2 aliphatic rings. The van der Waals surface area contributed by atoms with Crippen molar-refractivity contribution in [2.45, 2.75) is 55.9 Å². The number of sulfonamides is 1. The number of alkyl halides is 5. The van der Waals surface area contributed by atoms with Crippen LogP contribution in [0.2, 0.25) is 0 Å². The van der Waals surface area contributed by atoms with Gasteiger partial charge >= 0.3 is 6.18 Å². The van der Waals surface area contributed by atoms with Gasteiger partial charge in [0, 0.05) is 30.6 Å². The lowest BCUT2D eigenvalue weighted by Crippen LogP contribution is -2.59. The van der Waals surface area contributed by atoms with Crippen molar-refractivity contribution >= 4 is 38.0 Å². The SMILES string of the molecule is C[C@H]1CN(c2cc(S(=O)(=O)NC3(C)COC3)cc3c(-c4nnc(C(F)F)s4)nc(C(F)(F)F)nc23)C[C@H](C)N1. The van der Waals surface area contributed by atoms with Gasteiger partial charge in [0.1, 0.15) is 5.69 Å². The Bertz CT molecular complexity index is 1500. The molecule has 0 aliphatic carbocycles. The molecule has 0 radical (unpaired) electrons. The van der Waals surface area contributed by atoms with Crippen molar-refractivity contribution < 1.29 is 35.1 Å². The molecule has 5 rings (SSSR count). The summed E-state index contributed by atoms with van der Waals surface area (Å²) in [5.74, 6) is -1.51. The van der Waals surface area contributed by atoms with Gasteiger partial charge in [-0.2, -0.15) is 13.2 Å². The van der Waals surface area contributed by atoms with Gasteiger partial charge in [-0.3, -0.25) is 0 Å². The molecule has 17 heteroatoms. The summed E-state index contributed by atoms with van der Waals surface area (Å²) in [6.07, 6.45) is -7.98. The van der Waals surface area contributed by atoms with Gasteiger partial charge < -0.3 is 15.0 Å². The van der Waals surface area contributed by atoms with E-state index >= 15 is 0 Å². The van der Waals surface area contributed by atoms with Gasteiger partial charge in [0.05, 0.1) is 34.9 Å². The molecule has 2 saturated heterocycles. The van der Waals surface area contributed by atoms with Crippen molar-refractivity contribution in [1.29, 1.82) is 0 Å². The molecule has 1 aromatic carbocycles. The second kappa shape index (κ2) is 9.79. The molecule has 2 aliphatic heterocycles. The van der Waals surface area contributed by atoms with E-state index in [0.29, 0.717) is 24.4 Å². The van der Waals surface area contributed by atoms with Crippen molar-refractivity contribution in [3.63, 3.8) is 0 Å². The lowest BCUT2D eigenvalue weighted by atomic mass is 10.0. The number of benzene rings is 1. The minimum absolute atomic E-state index is 0.0756. The quantitative estimate of drug-likeness (QED) is 0.415. The first-order chi connectivity index (χ1) is 18.1. The maximum Gasteiger partial charge on any atom is 0.451 e. The fraction of sp³-hybridized carbons (Fsp3) is 0.545. The molecule has 2 atom stereocenters. The lowest BCUT2D eigenvalue weighted by molar-refractivity contribution is -0.144. The Morgan fingerprint density at radius 1 is 1.15 bits per heavy atom. The zero-order valence-corrected chi connectivity index (χ0v) is 22.5. The third-order valence-electron chi connectivity index (χ3n) is 6.27. The molecule has 0 bridgehead atoms. The van der Waals surface area contributed by atoms with Crippen molar-refractivity contribution in [2.75, 3.05) is 31.2 Å². The number of nitrogens with one attached hydrogen (secondary N) is 2. The average molecular weight is 594 g/mol. The number of piperazine rings is 1. The number of anilines is 1. The van der Waals surface area contributed by atoms with Crippen LogP contribution in [0.25, 0.3) is 21.6 Å². The smallest absolute Gasteiger partial charge is 0.377 e. The number of rotatable bonds is 6. The van der Waals surface area contributed by atoms with Gasteiger partial charge in [0.15, 0.2) is 10.0 Å². The van der Waals surface area contributed by atoms with Crippen LogP contribution < -0.4 is 14.9 Å². The Hall–Kier alpha value is -2.60. The first-order valence-electron chi connectivity index (χ1n) is 11.8. The lowest BCUT2D eigenvalue weighted by Gasteiger charge is -2.39. The largest absolute Gasteiger partial charge is 0.451 e. The highest BCUT2D eigenvalue weighted by molar-refractivity contribution is 7.89. The third kappa shape index (κ3) is 5.54. The monoisotopic (exact) mass is 593 g/mol. The Morgan fingerprint density at radius 2 is 1.82 bits per heavy atom. The minimum Gasteiger partial charge on any atom is -0.377 e. The fourth-order valence-electron chi connectivity index (χ4n) is 4.67. The molecule has 0 unspecified atom stereocenters. The summed E-state index contributed by atoms with van der Waals surface area (Å²) >= 11 is 0.372.